The molecule has 51 heavy (non-hydrogen) atoms. The quantitative estimate of drug-likeness (QED) is 0.135. The van der Waals surface area contributed by atoms with Crippen LogP contribution in [0.2, 0.25) is 0 Å². The van der Waals surface area contributed by atoms with Crippen LogP contribution in [0.4, 0.5) is 8.78 Å². The van der Waals surface area contributed by atoms with Gasteiger partial charge in [0.2, 0.25) is 5.91 Å². The molecule has 8 rings (SSSR count). The lowest BCUT2D eigenvalue weighted by atomic mass is 9.93. The van der Waals surface area contributed by atoms with E-state index in [1.54, 1.807) is 15.8 Å². The summed E-state index contributed by atoms with van der Waals surface area (Å²) >= 11 is 1.42. The SMILES string of the molecule is C=CC(=O)N1CCc2ncc(-c3nc4c5ccsc5c3-c3c(F)cc(F)cc3OCCOCC/C=C/COc3cc5nn(C)cc5cc3-4)cc2C1. The average molecular weight is 706 g/mol. The van der Waals surface area contributed by atoms with Crippen molar-refractivity contribution < 1.29 is 27.8 Å². The summed E-state index contributed by atoms with van der Waals surface area (Å²) in [6.07, 6.45) is 10.1. The maximum absolute atomic E-state index is 16.3. The van der Waals surface area contributed by atoms with E-state index in [1.165, 1.54) is 23.5 Å². The Hall–Kier alpha value is -5.46. The standard InChI is InChI=1S/C39H33F2N5O4S/c1-3-34(47)46-9-7-30-24(22-46)15-23(20-42-30)37-36-35-29(41)17-26(40)18-33(35)50-13-12-48-10-5-4-6-11-49-32-19-31-25(21-45(2)44-31)16-28(32)38(43-37)27-8-14-51-39(27)36/h3-4,6,8,14-21H,1,5,7,9-13,22H2,2H3/b6-4+. The second kappa shape index (κ2) is 13.7. The molecule has 0 radical (unpaired) electrons. The van der Waals surface area contributed by atoms with Crippen LogP contribution in [0.5, 0.6) is 11.5 Å². The molecule has 12 heteroatoms. The molecule has 6 heterocycles. The van der Waals surface area contributed by atoms with E-state index in [1.807, 2.05) is 55.0 Å². The third kappa shape index (κ3) is 6.25. The van der Waals surface area contributed by atoms with Gasteiger partial charge in [0.25, 0.3) is 0 Å². The first kappa shape index (κ1) is 32.7. The number of halogens is 2. The predicted octanol–water partition coefficient (Wildman–Crippen LogP) is 7.66. The Morgan fingerprint density at radius 3 is 2.80 bits per heavy atom. The van der Waals surface area contributed by atoms with Crippen LogP contribution in [0.25, 0.3) is 54.6 Å². The van der Waals surface area contributed by atoms with Crippen LogP contribution in [0.15, 0.2) is 79.0 Å². The molecule has 0 N–H and O–H groups in total. The Kier molecular flexibility index (Phi) is 8.78. The van der Waals surface area contributed by atoms with Gasteiger partial charge in [-0.25, -0.2) is 13.8 Å². The van der Waals surface area contributed by atoms with Gasteiger partial charge in [0.1, 0.15) is 36.3 Å². The molecule has 0 spiro atoms. The lowest BCUT2D eigenvalue weighted by Gasteiger charge is -2.27. The van der Waals surface area contributed by atoms with Crippen LogP contribution in [-0.2, 0) is 29.5 Å². The number of rotatable bonds is 2. The summed E-state index contributed by atoms with van der Waals surface area (Å²) in [5, 5.41) is 8.20. The molecule has 9 nitrogen and oxygen atoms in total. The fourth-order valence-corrected chi connectivity index (χ4v) is 7.67. The molecule has 258 valence electrons. The van der Waals surface area contributed by atoms with Gasteiger partial charge in [-0.05, 0) is 41.6 Å². The van der Waals surface area contributed by atoms with Gasteiger partial charge in [-0.1, -0.05) is 18.7 Å². The number of nitrogens with zero attached hydrogens (tertiary/aromatic N) is 5. The first-order valence-electron chi connectivity index (χ1n) is 16.6. The summed E-state index contributed by atoms with van der Waals surface area (Å²) in [7, 11) is 1.86. The maximum atomic E-state index is 16.3. The number of thiophene rings is 1. The van der Waals surface area contributed by atoms with Gasteiger partial charge in [0.15, 0.2) is 0 Å². The highest BCUT2D eigenvalue weighted by Gasteiger charge is 2.28. The lowest BCUT2D eigenvalue weighted by molar-refractivity contribution is -0.126. The van der Waals surface area contributed by atoms with Crippen molar-refractivity contribution in [3.8, 4) is 45.1 Å². The monoisotopic (exact) mass is 705 g/mol. The van der Waals surface area contributed by atoms with E-state index in [0.717, 1.165) is 43.9 Å². The summed E-state index contributed by atoms with van der Waals surface area (Å²) in [5.74, 6) is -1.09. The van der Waals surface area contributed by atoms with Gasteiger partial charge in [-0.2, -0.15) is 5.10 Å². The van der Waals surface area contributed by atoms with Crippen LogP contribution in [-0.4, -0.2) is 63.5 Å². The van der Waals surface area contributed by atoms with E-state index in [4.69, 9.17) is 24.2 Å². The Bertz CT molecular complexity index is 2370. The van der Waals surface area contributed by atoms with Gasteiger partial charge in [0, 0.05) is 95.0 Å². The van der Waals surface area contributed by atoms with E-state index < -0.39 is 11.6 Å². The second-order valence-electron chi connectivity index (χ2n) is 12.4. The van der Waals surface area contributed by atoms with E-state index in [2.05, 4.69) is 11.7 Å². The van der Waals surface area contributed by atoms with E-state index in [-0.39, 0.29) is 30.4 Å². The van der Waals surface area contributed by atoms with Gasteiger partial charge in [-0.15, -0.1) is 11.3 Å². The molecule has 4 aromatic heterocycles. The molecule has 0 unspecified atom stereocenters. The number of hydrogen-bond acceptors (Lipinski definition) is 8. The zero-order chi connectivity index (χ0) is 35.1. The molecule has 2 aliphatic rings. The molecule has 0 atom stereocenters. The van der Waals surface area contributed by atoms with Crippen molar-refractivity contribution in [2.45, 2.75) is 19.4 Å². The molecule has 2 aromatic carbocycles. The fourth-order valence-electron chi connectivity index (χ4n) is 6.72. The van der Waals surface area contributed by atoms with Crippen LogP contribution >= 0.6 is 11.3 Å². The van der Waals surface area contributed by atoms with E-state index in [9.17, 15) is 9.18 Å². The number of ether oxygens (including phenoxy) is 3. The van der Waals surface area contributed by atoms with Crippen molar-refractivity contribution in [2.24, 2.45) is 7.05 Å². The fraction of sp³-hybridized carbons (Fsp3) is 0.231. The van der Waals surface area contributed by atoms with Crippen LogP contribution in [0, 0.1) is 11.6 Å². The Labute approximate surface area is 296 Å². The molecule has 1 amide bonds. The van der Waals surface area contributed by atoms with Crippen molar-refractivity contribution in [3.63, 3.8) is 0 Å². The highest BCUT2D eigenvalue weighted by Crippen LogP contribution is 2.48. The van der Waals surface area contributed by atoms with Crippen molar-refractivity contribution in [1.82, 2.24) is 24.6 Å². The molecule has 0 saturated heterocycles. The summed E-state index contributed by atoms with van der Waals surface area (Å²) in [6.45, 7) is 5.58. The number of carbonyl (C=O) groups is 1. The molecule has 0 aliphatic carbocycles. The predicted molar refractivity (Wildman–Crippen MR) is 193 cm³/mol. The maximum Gasteiger partial charge on any atom is 0.246 e. The van der Waals surface area contributed by atoms with Crippen LogP contribution in [0.3, 0.4) is 0 Å². The molecule has 6 aromatic rings. The molecular weight excluding hydrogens is 673 g/mol. The molecular formula is C39H33F2N5O4S. The number of hydrogen-bond donors (Lipinski definition) is 0. The number of pyridine rings is 2. The number of amides is 1. The Morgan fingerprint density at radius 2 is 1.92 bits per heavy atom. The first-order chi connectivity index (χ1) is 24.9. The molecule has 0 fully saturated rings. The van der Waals surface area contributed by atoms with Gasteiger partial charge < -0.3 is 19.1 Å². The van der Waals surface area contributed by atoms with E-state index >= 15 is 4.39 Å². The largest absolute Gasteiger partial charge is 0.490 e. The minimum absolute atomic E-state index is 0.0390. The van der Waals surface area contributed by atoms with Crippen LogP contribution in [0.1, 0.15) is 17.7 Å². The third-order valence-corrected chi connectivity index (χ3v) is 10.00. The van der Waals surface area contributed by atoms with Crippen molar-refractivity contribution in [1.29, 1.82) is 0 Å². The summed E-state index contributed by atoms with van der Waals surface area (Å²) in [5.41, 5.74) is 5.40. The summed E-state index contributed by atoms with van der Waals surface area (Å²) < 4.78 is 51.8. The summed E-state index contributed by atoms with van der Waals surface area (Å²) in [4.78, 5) is 24.4. The molecule has 2 bridgehead atoms. The Morgan fingerprint density at radius 1 is 1.02 bits per heavy atom. The lowest BCUT2D eigenvalue weighted by Crippen LogP contribution is -2.35. The zero-order valence-electron chi connectivity index (χ0n) is 27.8. The first-order valence-corrected chi connectivity index (χ1v) is 17.5. The van der Waals surface area contributed by atoms with Crippen molar-refractivity contribution >= 4 is 38.2 Å². The third-order valence-electron chi connectivity index (χ3n) is 9.07. The highest BCUT2D eigenvalue weighted by atomic mass is 32.1. The minimum Gasteiger partial charge on any atom is -0.490 e. The number of fused-ring (bicyclic) bond motifs is 6. The number of carbonyl (C=O) groups excluding carboxylic acids is 1. The Balaban J connectivity index is 1.42. The smallest absolute Gasteiger partial charge is 0.246 e. The highest BCUT2D eigenvalue weighted by molar-refractivity contribution is 7.18. The summed E-state index contributed by atoms with van der Waals surface area (Å²) in [6, 6.07) is 9.88. The van der Waals surface area contributed by atoms with E-state index in [0.29, 0.717) is 67.4 Å². The molecule has 2 aliphatic heterocycles. The molecule has 0 saturated carbocycles. The number of aromatic nitrogens is 4. The van der Waals surface area contributed by atoms with Crippen molar-refractivity contribution in [3.05, 3.63) is 102 Å². The van der Waals surface area contributed by atoms with Gasteiger partial charge >= 0.3 is 0 Å². The van der Waals surface area contributed by atoms with Gasteiger partial charge in [-0.3, -0.25) is 14.5 Å². The normalized spacial score (nSPS) is 15.6. The zero-order valence-corrected chi connectivity index (χ0v) is 28.6. The number of aryl methyl sites for hydroxylation is 1. The van der Waals surface area contributed by atoms with Crippen LogP contribution < -0.4 is 9.47 Å². The topological polar surface area (TPSA) is 91.6 Å². The van der Waals surface area contributed by atoms with Crippen molar-refractivity contribution in [2.75, 3.05) is 33.0 Å². The minimum atomic E-state index is -0.787. The number of benzene rings is 2. The average Bonchev–Trinajstić information content (AvgIpc) is 3.76. The second-order valence-corrected chi connectivity index (χ2v) is 13.3. The van der Waals surface area contributed by atoms with Gasteiger partial charge in [0.05, 0.1) is 35.7 Å².